The van der Waals surface area contributed by atoms with Crippen molar-refractivity contribution >= 4 is 6.03 Å². The van der Waals surface area contributed by atoms with Crippen LogP contribution in [0.4, 0.5) is 4.79 Å². The summed E-state index contributed by atoms with van der Waals surface area (Å²) < 4.78 is 5.28. The van der Waals surface area contributed by atoms with Gasteiger partial charge in [0.25, 0.3) is 0 Å². The lowest BCUT2D eigenvalue weighted by Crippen LogP contribution is -2.48. The molecule has 0 aromatic heterocycles. The Morgan fingerprint density at radius 2 is 1.96 bits per heavy atom. The molecule has 1 aromatic rings. The van der Waals surface area contributed by atoms with Gasteiger partial charge in [-0.15, -0.1) is 0 Å². The fourth-order valence-corrected chi connectivity index (χ4v) is 4.00. The Kier molecular flexibility index (Phi) is 6.70. The third-order valence-corrected chi connectivity index (χ3v) is 5.35. The van der Waals surface area contributed by atoms with E-state index < -0.39 is 0 Å². The summed E-state index contributed by atoms with van der Waals surface area (Å²) in [5.41, 5.74) is 1.19. The lowest BCUT2D eigenvalue weighted by atomic mass is 9.99. The normalized spacial score (nSPS) is 22.8. The second-order valence-electron chi connectivity index (χ2n) is 7.33. The third kappa shape index (κ3) is 5.19. The van der Waals surface area contributed by atoms with Crippen LogP contribution in [0.25, 0.3) is 0 Å². The van der Waals surface area contributed by atoms with Gasteiger partial charge in [-0.1, -0.05) is 30.3 Å². The molecule has 0 bridgehead atoms. The molecule has 0 aliphatic carbocycles. The Morgan fingerprint density at radius 3 is 2.68 bits per heavy atom. The Bertz CT molecular complexity index is 529. The molecule has 5 heteroatoms. The molecule has 0 saturated carbocycles. The van der Waals surface area contributed by atoms with Gasteiger partial charge in [0, 0.05) is 32.7 Å². The summed E-state index contributed by atoms with van der Waals surface area (Å²) in [5.74, 6) is 0.457. The van der Waals surface area contributed by atoms with Crippen LogP contribution in [0, 0.1) is 5.92 Å². The van der Waals surface area contributed by atoms with E-state index >= 15 is 0 Å². The van der Waals surface area contributed by atoms with E-state index in [4.69, 9.17) is 4.74 Å². The summed E-state index contributed by atoms with van der Waals surface area (Å²) in [6.45, 7) is 5.55. The lowest BCUT2D eigenvalue weighted by molar-refractivity contribution is 0.0990. The average molecular weight is 345 g/mol. The van der Waals surface area contributed by atoms with E-state index in [-0.39, 0.29) is 12.1 Å². The molecular formula is C20H31N3O2. The van der Waals surface area contributed by atoms with Crippen LogP contribution in [0.15, 0.2) is 30.3 Å². The third-order valence-electron chi connectivity index (χ3n) is 5.35. The molecule has 2 heterocycles. The first-order chi connectivity index (χ1) is 12.3. The number of nitrogens with zero attached hydrogens (tertiary/aromatic N) is 2. The zero-order valence-electron chi connectivity index (χ0n) is 15.3. The molecule has 0 spiro atoms. The minimum atomic E-state index is 0.0506. The topological polar surface area (TPSA) is 44.8 Å². The predicted octanol–water partition coefficient (Wildman–Crippen LogP) is 2.89. The van der Waals surface area contributed by atoms with Gasteiger partial charge >= 0.3 is 6.03 Å². The second kappa shape index (κ2) is 9.20. The van der Waals surface area contributed by atoms with Crippen LogP contribution in [-0.2, 0) is 4.74 Å². The smallest absolute Gasteiger partial charge is 0.317 e. The first kappa shape index (κ1) is 18.2. The molecular weight excluding hydrogens is 314 g/mol. The van der Waals surface area contributed by atoms with Crippen LogP contribution in [0.3, 0.4) is 0 Å². The lowest BCUT2D eigenvalue weighted by Gasteiger charge is -2.34. The Morgan fingerprint density at radius 1 is 1.20 bits per heavy atom. The average Bonchev–Trinajstić information content (AvgIpc) is 3.15. The number of benzene rings is 1. The largest absolute Gasteiger partial charge is 0.384 e. The summed E-state index contributed by atoms with van der Waals surface area (Å²) in [6, 6.07) is 10.5. The summed E-state index contributed by atoms with van der Waals surface area (Å²) in [7, 11) is 1.74. The Hall–Kier alpha value is -1.59. The van der Waals surface area contributed by atoms with Gasteiger partial charge in [-0.05, 0) is 44.3 Å². The first-order valence-corrected chi connectivity index (χ1v) is 9.58. The predicted molar refractivity (Wildman–Crippen MR) is 99.6 cm³/mol. The summed E-state index contributed by atoms with van der Waals surface area (Å²) in [5, 5.41) is 3.30. The molecule has 2 saturated heterocycles. The van der Waals surface area contributed by atoms with Crippen LogP contribution in [0.1, 0.15) is 37.3 Å². The molecule has 0 unspecified atom stereocenters. The number of rotatable bonds is 6. The summed E-state index contributed by atoms with van der Waals surface area (Å²) in [6.07, 6.45) is 4.73. The van der Waals surface area contributed by atoms with Crippen LogP contribution >= 0.6 is 0 Å². The highest BCUT2D eigenvalue weighted by molar-refractivity contribution is 5.75. The quantitative estimate of drug-likeness (QED) is 0.862. The van der Waals surface area contributed by atoms with E-state index in [1.807, 2.05) is 23.1 Å². The SMILES string of the molecule is COC[C@@H]1CCCN(C(=O)N[C@H](CN2CCCC2)c2ccccc2)C1. The molecule has 2 amide bonds. The highest BCUT2D eigenvalue weighted by Crippen LogP contribution is 2.20. The molecule has 138 valence electrons. The maximum Gasteiger partial charge on any atom is 0.317 e. The maximum absolute atomic E-state index is 12.9. The zero-order valence-corrected chi connectivity index (χ0v) is 15.3. The van der Waals surface area contributed by atoms with Crippen molar-refractivity contribution in [3.8, 4) is 0 Å². The fraction of sp³-hybridized carbons (Fsp3) is 0.650. The van der Waals surface area contributed by atoms with Crippen molar-refractivity contribution in [3.05, 3.63) is 35.9 Å². The van der Waals surface area contributed by atoms with E-state index in [9.17, 15) is 4.79 Å². The van der Waals surface area contributed by atoms with Crippen LogP contribution in [-0.4, -0.2) is 62.3 Å². The van der Waals surface area contributed by atoms with E-state index in [1.165, 1.54) is 18.4 Å². The maximum atomic E-state index is 12.9. The van der Waals surface area contributed by atoms with Crippen molar-refractivity contribution in [1.82, 2.24) is 15.1 Å². The van der Waals surface area contributed by atoms with E-state index in [0.717, 1.165) is 52.2 Å². The van der Waals surface area contributed by atoms with Gasteiger partial charge in [0.2, 0.25) is 0 Å². The van der Waals surface area contributed by atoms with Crippen molar-refractivity contribution in [2.45, 2.75) is 31.7 Å². The molecule has 2 fully saturated rings. The summed E-state index contributed by atoms with van der Waals surface area (Å²) in [4.78, 5) is 17.3. The van der Waals surface area contributed by atoms with Gasteiger partial charge in [0.05, 0.1) is 12.6 Å². The number of carbonyl (C=O) groups excluding carboxylic acids is 1. The Balaban J connectivity index is 1.63. The number of likely N-dealkylation sites (tertiary alicyclic amines) is 2. The van der Waals surface area contributed by atoms with Crippen LogP contribution < -0.4 is 5.32 Å². The van der Waals surface area contributed by atoms with Crippen LogP contribution in [0.2, 0.25) is 0 Å². The van der Waals surface area contributed by atoms with Gasteiger partial charge < -0.3 is 19.9 Å². The highest BCUT2D eigenvalue weighted by Gasteiger charge is 2.26. The molecule has 2 aliphatic heterocycles. The van der Waals surface area contributed by atoms with E-state index in [0.29, 0.717) is 5.92 Å². The van der Waals surface area contributed by atoms with Crippen molar-refractivity contribution in [1.29, 1.82) is 0 Å². The number of nitrogens with one attached hydrogen (secondary N) is 1. The zero-order chi connectivity index (χ0) is 17.5. The number of ether oxygens (including phenoxy) is 1. The molecule has 0 radical (unpaired) electrons. The molecule has 5 nitrogen and oxygen atoms in total. The van der Waals surface area contributed by atoms with Crippen molar-refractivity contribution in [2.75, 3.05) is 46.4 Å². The fourth-order valence-electron chi connectivity index (χ4n) is 4.00. The van der Waals surface area contributed by atoms with Crippen molar-refractivity contribution in [2.24, 2.45) is 5.92 Å². The van der Waals surface area contributed by atoms with Gasteiger partial charge in [0.1, 0.15) is 0 Å². The number of amides is 2. The standard InChI is InChI=1S/C20H31N3O2/c1-25-16-17-8-7-13-23(14-17)20(24)21-19(15-22-11-5-6-12-22)18-9-3-2-4-10-18/h2-4,9-10,17,19H,5-8,11-16H2,1H3,(H,21,24)/t17-,19-/m1/s1. The number of methoxy groups -OCH3 is 1. The number of hydrogen-bond acceptors (Lipinski definition) is 3. The van der Waals surface area contributed by atoms with Gasteiger partial charge in [-0.25, -0.2) is 4.79 Å². The van der Waals surface area contributed by atoms with E-state index in [1.54, 1.807) is 7.11 Å². The number of carbonyl (C=O) groups is 1. The molecule has 1 N–H and O–H groups in total. The Labute approximate surface area is 151 Å². The van der Waals surface area contributed by atoms with E-state index in [2.05, 4.69) is 22.3 Å². The molecule has 3 rings (SSSR count). The molecule has 2 aliphatic rings. The monoisotopic (exact) mass is 345 g/mol. The second-order valence-corrected chi connectivity index (χ2v) is 7.33. The summed E-state index contributed by atoms with van der Waals surface area (Å²) >= 11 is 0. The van der Waals surface area contributed by atoms with Crippen molar-refractivity contribution < 1.29 is 9.53 Å². The molecule has 25 heavy (non-hydrogen) atoms. The number of hydrogen-bond donors (Lipinski definition) is 1. The van der Waals surface area contributed by atoms with Crippen LogP contribution in [0.5, 0.6) is 0 Å². The number of piperidine rings is 1. The number of urea groups is 1. The molecule has 1 aromatic carbocycles. The van der Waals surface area contributed by atoms with Crippen molar-refractivity contribution in [3.63, 3.8) is 0 Å². The van der Waals surface area contributed by atoms with Gasteiger partial charge in [-0.2, -0.15) is 0 Å². The minimum absolute atomic E-state index is 0.0506. The first-order valence-electron chi connectivity index (χ1n) is 9.58. The highest BCUT2D eigenvalue weighted by atomic mass is 16.5. The minimum Gasteiger partial charge on any atom is -0.384 e. The molecule has 2 atom stereocenters. The van der Waals surface area contributed by atoms with Gasteiger partial charge in [0.15, 0.2) is 0 Å². The van der Waals surface area contributed by atoms with Gasteiger partial charge in [-0.3, -0.25) is 0 Å².